The third kappa shape index (κ3) is 6.26. The van der Waals surface area contributed by atoms with Gasteiger partial charge in [-0.25, -0.2) is 0 Å². The molecule has 180 valence electrons. The van der Waals surface area contributed by atoms with E-state index in [1.54, 1.807) is 0 Å². The Kier molecular flexibility index (Phi) is 7.58. The molecule has 4 rings (SSSR count). The number of likely N-dealkylation sites (tertiary alicyclic amines) is 1. The molecule has 1 aliphatic heterocycles. The van der Waals surface area contributed by atoms with E-state index in [1.165, 1.54) is 12.8 Å². The van der Waals surface area contributed by atoms with E-state index < -0.39 is 0 Å². The van der Waals surface area contributed by atoms with Gasteiger partial charge in [-0.05, 0) is 87.6 Å². The zero-order valence-electron chi connectivity index (χ0n) is 20.8. The number of pyridine rings is 1. The SMILES string of the molecule is CCOC(=O)C1CCCN(Cc2ccc3cc(OC4CCC(C(C)(C)C)CC4)ccc3n2)C1. The van der Waals surface area contributed by atoms with E-state index >= 15 is 0 Å². The minimum atomic E-state index is -0.0620. The summed E-state index contributed by atoms with van der Waals surface area (Å²) in [7, 11) is 0. The molecule has 1 aromatic heterocycles. The van der Waals surface area contributed by atoms with Crippen LogP contribution in [0.3, 0.4) is 0 Å². The van der Waals surface area contributed by atoms with E-state index in [2.05, 4.69) is 56.0 Å². The Bertz CT molecular complexity index is 944. The summed E-state index contributed by atoms with van der Waals surface area (Å²) in [6.07, 6.45) is 7.04. The van der Waals surface area contributed by atoms with Crippen molar-refractivity contribution in [2.45, 2.75) is 78.9 Å². The highest BCUT2D eigenvalue weighted by molar-refractivity contribution is 5.80. The number of ether oxygens (including phenoxy) is 2. The second-order valence-electron chi connectivity index (χ2n) is 10.9. The predicted molar refractivity (Wildman–Crippen MR) is 132 cm³/mol. The summed E-state index contributed by atoms with van der Waals surface area (Å²) in [5, 5.41) is 1.11. The molecule has 2 fully saturated rings. The van der Waals surface area contributed by atoms with Crippen LogP contribution in [0.25, 0.3) is 10.9 Å². The van der Waals surface area contributed by atoms with Crippen molar-refractivity contribution in [1.82, 2.24) is 9.88 Å². The predicted octanol–water partition coefficient (Wildman–Crippen LogP) is 5.99. The minimum Gasteiger partial charge on any atom is -0.490 e. The zero-order chi connectivity index (χ0) is 23.4. The fourth-order valence-corrected chi connectivity index (χ4v) is 5.43. The fourth-order valence-electron chi connectivity index (χ4n) is 5.43. The van der Waals surface area contributed by atoms with Gasteiger partial charge in [0.2, 0.25) is 0 Å². The molecular weight excluding hydrogens is 412 g/mol. The Morgan fingerprint density at radius 1 is 1.09 bits per heavy atom. The van der Waals surface area contributed by atoms with E-state index in [0.717, 1.165) is 73.6 Å². The van der Waals surface area contributed by atoms with Gasteiger partial charge in [-0.1, -0.05) is 26.8 Å². The van der Waals surface area contributed by atoms with Gasteiger partial charge < -0.3 is 9.47 Å². The maximum atomic E-state index is 12.1. The summed E-state index contributed by atoms with van der Waals surface area (Å²) >= 11 is 0. The summed E-state index contributed by atoms with van der Waals surface area (Å²) in [5.41, 5.74) is 2.43. The standard InChI is InChI=1S/C28H40N2O3/c1-5-32-27(31)21-7-6-16-30(18-21)19-23-11-8-20-17-25(14-15-26(20)29-23)33-24-12-9-22(10-13-24)28(2,3)4/h8,11,14-15,17,21-22,24H,5-7,9-10,12-13,16,18-19H2,1-4H3. The summed E-state index contributed by atoms with van der Waals surface area (Å²) in [6, 6.07) is 10.5. The van der Waals surface area contributed by atoms with Crippen LogP contribution in [0.1, 0.15) is 71.9 Å². The normalized spacial score (nSPS) is 24.5. The Morgan fingerprint density at radius 2 is 1.88 bits per heavy atom. The van der Waals surface area contributed by atoms with Crippen molar-refractivity contribution in [2.75, 3.05) is 19.7 Å². The molecule has 33 heavy (non-hydrogen) atoms. The number of esters is 1. The first-order valence-electron chi connectivity index (χ1n) is 12.8. The van der Waals surface area contributed by atoms with Gasteiger partial charge in [0, 0.05) is 18.5 Å². The van der Waals surface area contributed by atoms with Crippen molar-refractivity contribution in [2.24, 2.45) is 17.3 Å². The number of hydrogen-bond acceptors (Lipinski definition) is 5. The van der Waals surface area contributed by atoms with Crippen molar-refractivity contribution in [1.29, 1.82) is 0 Å². The first kappa shape index (κ1) is 24.0. The number of aromatic nitrogens is 1. The van der Waals surface area contributed by atoms with E-state index in [-0.39, 0.29) is 11.9 Å². The van der Waals surface area contributed by atoms with Crippen LogP contribution in [0.15, 0.2) is 30.3 Å². The molecule has 5 nitrogen and oxygen atoms in total. The van der Waals surface area contributed by atoms with Crippen molar-refractivity contribution < 1.29 is 14.3 Å². The van der Waals surface area contributed by atoms with Gasteiger partial charge in [0.15, 0.2) is 0 Å². The Balaban J connectivity index is 1.35. The van der Waals surface area contributed by atoms with E-state index in [0.29, 0.717) is 18.1 Å². The average Bonchev–Trinajstić information content (AvgIpc) is 2.79. The summed E-state index contributed by atoms with van der Waals surface area (Å²) < 4.78 is 11.6. The largest absolute Gasteiger partial charge is 0.490 e. The third-order valence-electron chi connectivity index (χ3n) is 7.43. The highest BCUT2D eigenvalue weighted by atomic mass is 16.5. The molecule has 1 saturated carbocycles. The third-order valence-corrected chi connectivity index (χ3v) is 7.43. The van der Waals surface area contributed by atoms with Crippen LogP contribution in [0, 0.1) is 17.3 Å². The smallest absolute Gasteiger partial charge is 0.310 e. The number of rotatable bonds is 6. The first-order valence-corrected chi connectivity index (χ1v) is 12.8. The summed E-state index contributed by atoms with van der Waals surface area (Å²) in [4.78, 5) is 19.3. The fraction of sp³-hybridized carbons (Fsp3) is 0.643. The van der Waals surface area contributed by atoms with E-state index in [1.807, 2.05) is 6.92 Å². The van der Waals surface area contributed by atoms with Gasteiger partial charge in [0.1, 0.15) is 5.75 Å². The molecule has 2 aromatic rings. The molecule has 2 heterocycles. The lowest BCUT2D eigenvalue weighted by molar-refractivity contribution is -0.150. The molecule has 0 N–H and O–H groups in total. The Hall–Kier alpha value is -2.14. The van der Waals surface area contributed by atoms with Crippen LogP contribution < -0.4 is 4.74 Å². The average molecular weight is 453 g/mol. The maximum Gasteiger partial charge on any atom is 0.310 e. The summed E-state index contributed by atoms with van der Waals surface area (Å²) in [5.74, 6) is 1.67. The number of carbonyl (C=O) groups is 1. The first-order chi connectivity index (χ1) is 15.8. The van der Waals surface area contributed by atoms with Crippen LogP contribution in [-0.2, 0) is 16.1 Å². The van der Waals surface area contributed by atoms with Crippen LogP contribution in [0.2, 0.25) is 0 Å². The molecule has 1 aliphatic carbocycles. The van der Waals surface area contributed by atoms with Gasteiger partial charge in [-0.2, -0.15) is 0 Å². The second-order valence-corrected chi connectivity index (χ2v) is 10.9. The number of hydrogen-bond donors (Lipinski definition) is 0. The van der Waals surface area contributed by atoms with Crippen molar-refractivity contribution >= 4 is 16.9 Å². The molecule has 1 unspecified atom stereocenters. The van der Waals surface area contributed by atoms with Gasteiger partial charge in [-0.3, -0.25) is 14.7 Å². The van der Waals surface area contributed by atoms with Crippen LogP contribution in [-0.4, -0.2) is 41.7 Å². The number of fused-ring (bicyclic) bond motifs is 1. The van der Waals surface area contributed by atoms with Gasteiger partial charge in [0.05, 0.1) is 29.8 Å². The van der Waals surface area contributed by atoms with Crippen LogP contribution in [0.4, 0.5) is 0 Å². The Morgan fingerprint density at radius 3 is 2.61 bits per heavy atom. The minimum absolute atomic E-state index is 0.0164. The van der Waals surface area contributed by atoms with E-state index in [4.69, 9.17) is 14.5 Å². The molecule has 0 bridgehead atoms. The molecule has 2 aliphatic rings. The van der Waals surface area contributed by atoms with Crippen LogP contribution >= 0.6 is 0 Å². The molecule has 1 atom stereocenters. The molecule has 0 amide bonds. The van der Waals surface area contributed by atoms with Crippen molar-refractivity contribution in [3.63, 3.8) is 0 Å². The van der Waals surface area contributed by atoms with Gasteiger partial charge in [-0.15, -0.1) is 0 Å². The quantitative estimate of drug-likeness (QED) is 0.504. The molecule has 1 aromatic carbocycles. The number of piperidine rings is 1. The monoisotopic (exact) mass is 452 g/mol. The van der Waals surface area contributed by atoms with Gasteiger partial charge in [0.25, 0.3) is 0 Å². The Labute approximate surface area is 198 Å². The highest BCUT2D eigenvalue weighted by Crippen LogP contribution is 2.39. The van der Waals surface area contributed by atoms with Crippen molar-refractivity contribution in [3.05, 3.63) is 36.0 Å². The molecule has 5 heteroatoms. The molecular formula is C28H40N2O3. The van der Waals surface area contributed by atoms with Gasteiger partial charge >= 0.3 is 5.97 Å². The second kappa shape index (κ2) is 10.4. The lowest BCUT2D eigenvalue weighted by Gasteiger charge is -2.36. The van der Waals surface area contributed by atoms with E-state index in [9.17, 15) is 4.79 Å². The topological polar surface area (TPSA) is 51.7 Å². The maximum absolute atomic E-state index is 12.1. The lowest BCUT2D eigenvalue weighted by atomic mass is 9.72. The number of benzene rings is 1. The highest BCUT2D eigenvalue weighted by Gasteiger charge is 2.30. The molecule has 0 spiro atoms. The number of nitrogens with zero attached hydrogens (tertiary/aromatic N) is 2. The molecule has 0 radical (unpaired) electrons. The van der Waals surface area contributed by atoms with Crippen molar-refractivity contribution in [3.8, 4) is 5.75 Å². The lowest BCUT2D eigenvalue weighted by Crippen LogP contribution is -2.39. The summed E-state index contributed by atoms with van der Waals surface area (Å²) in [6.45, 7) is 11.9. The zero-order valence-corrected chi connectivity index (χ0v) is 20.8. The van der Waals surface area contributed by atoms with Crippen LogP contribution in [0.5, 0.6) is 5.75 Å². The molecule has 1 saturated heterocycles. The number of carbonyl (C=O) groups excluding carboxylic acids is 1.